The van der Waals surface area contributed by atoms with Gasteiger partial charge in [0.25, 0.3) is 40.5 Å². The van der Waals surface area contributed by atoms with E-state index in [0.29, 0.717) is 86.4 Å². The van der Waals surface area contributed by atoms with Gasteiger partial charge in [-0.1, -0.05) is 18.6 Å². The van der Waals surface area contributed by atoms with E-state index in [-0.39, 0.29) is 98.7 Å². The van der Waals surface area contributed by atoms with Crippen molar-refractivity contribution in [2.45, 2.75) is 96.1 Å². The molecular weight excluding hydrogens is 1150 g/mol. The van der Waals surface area contributed by atoms with Crippen LogP contribution in [0.5, 0.6) is 0 Å². The zero-order chi connectivity index (χ0) is 59.1. The number of carbonyl (C=O) groups is 1. The lowest BCUT2D eigenvalue weighted by atomic mass is 9.74. The average molecular weight is 1220 g/mol. The monoisotopic (exact) mass is 1220 g/mol. The van der Waals surface area contributed by atoms with Crippen molar-refractivity contribution < 1.29 is 103 Å². The van der Waals surface area contributed by atoms with E-state index in [2.05, 4.69) is 0 Å². The Bertz CT molecular complexity index is 3660. The molecule has 2 atom stereocenters. The van der Waals surface area contributed by atoms with Crippen LogP contribution in [0.4, 0.5) is 11.4 Å². The quantitative estimate of drug-likeness (QED) is 0.0224. The number of hydrogen-bond donors (Lipinski definition) is 5. The van der Waals surface area contributed by atoms with Crippen LogP contribution in [-0.4, -0.2) is 172 Å². The van der Waals surface area contributed by atoms with Gasteiger partial charge in [-0.05, 0) is 117 Å². The Morgan fingerprint density at radius 3 is 1.70 bits per heavy atom. The van der Waals surface area contributed by atoms with E-state index in [0.717, 1.165) is 12.1 Å². The van der Waals surface area contributed by atoms with E-state index in [9.17, 15) is 74.8 Å². The van der Waals surface area contributed by atoms with Gasteiger partial charge in [-0.3, -0.25) is 23.0 Å². The molecule has 0 fully saturated rings. The van der Waals surface area contributed by atoms with Crippen molar-refractivity contribution in [3.05, 3.63) is 83.6 Å². The first-order valence-electron chi connectivity index (χ1n) is 25.3. The summed E-state index contributed by atoms with van der Waals surface area (Å²) in [6.45, 7) is 8.24. The third-order valence-corrected chi connectivity index (χ3v) is 18.3. The molecular formula is C51H66N2O22S5. The van der Waals surface area contributed by atoms with Crippen molar-refractivity contribution in [3.63, 3.8) is 0 Å². The molecule has 0 saturated carbocycles. The molecule has 0 bridgehead atoms. The fourth-order valence-corrected chi connectivity index (χ4v) is 13.7. The Morgan fingerprint density at radius 1 is 0.637 bits per heavy atom. The largest absolute Gasteiger partial charge is 0.744 e. The molecule has 0 radical (unpaired) electrons. The summed E-state index contributed by atoms with van der Waals surface area (Å²) >= 11 is 0. The van der Waals surface area contributed by atoms with Crippen LogP contribution < -0.4 is 4.90 Å². The second-order valence-corrected chi connectivity index (χ2v) is 26.6. The summed E-state index contributed by atoms with van der Waals surface area (Å²) < 4.78 is 210. The van der Waals surface area contributed by atoms with Crippen LogP contribution in [0, 0.1) is 0 Å². The predicted octanol–water partition coefficient (Wildman–Crippen LogP) is 5.65. The molecule has 2 aliphatic heterocycles. The van der Waals surface area contributed by atoms with Crippen LogP contribution in [0.15, 0.2) is 92.0 Å². The van der Waals surface area contributed by atoms with Crippen molar-refractivity contribution in [2.24, 2.45) is 0 Å². The van der Waals surface area contributed by atoms with Gasteiger partial charge in [0.05, 0.1) is 78.7 Å². The van der Waals surface area contributed by atoms with Crippen molar-refractivity contribution >= 4 is 95.2 Å². The third-order valence-electron chi connectivity index (χ3n) is 14.1. The van der Waals surface area contributed by atoms with Crippen LogP contribution >= 0.6 is 0 Å². The van der Waals surface area contributed by atoms with E-state index >= 15 is 0 Å². The van der Waals surface area contributed by atoms with Gasteiger partial charge in [0.15, 0.2) is 5.71 Å². The number of carboxylic acids is 1. The van der Waals surface area contributed by atoms with Gasteiger partial charge in [-0.25, -0.2) is 8.42 Å². The number of rotatable bonds is 32. The van der Waals surface area contributed by atoms with Gasteiger partial charge in [0.1, 0.15) is 21.6 Å². The van der Waals surface area contributed by atoms with E-state index < -0.39 is 92.7 Å². The van der Waals surface area contributed by atoms with Crippen LogP contribution in [0.25, 0.3) is 21.5 Å². The van der Waals surface area contributed by atoms with Gasteiger partial charge in [-0.15, -0.1) is 0 Å². The van der Waals surface area contributed by atoms with Gasteiger partial charge in [0.2, 0.25) is 5.69 Å². The van der Waals surface area contributed by atoms with E-state index in [1.807, 2.05) is 23.3 Å². The van der Waals surface area contributed by atoms with E-state index in [4.69, 9.17) is 23.7 Å². The normalized spacial score (nSPS) is 18.6. The molecule has 0 aromatic heterocycles. The number of carboxylic acid groups (broad SMARTS) is 1. The van der Waals surface area contributed by atoms with E-state index in [1.54, 1.807) is 38.3 Å². The predicted molar refractivity (Wildman–Crippen MR) is 292 cm³/mol. The number of nitrogens with zero attached hydrogens (tertiary/aromatic N) is 2. The summed E-state index contributed by atoms with van der Waals surface area (Å²) in [6.07, 6.45) is 5.79. The first kappa shape index (κ1) is 64.3. The molecule has 29 heteroatoms. The van der Waals surface area contributed by atoms with Crippen molar-refractivity contribution in [1.82, 2.24) is 0 Å². The van der Waals surface area contributed by atoms with Crippen molar-refractivity contribution in [1.29, 1.82) is 0 Å². The lowest BCUT2D eigenvalue weighted by molar-refractivity contribution is -0.433. The second kappa shape index (κ2) is 26.2. The minimum Gasteiger partial charge on any atom is -0.744 e. The highest BCUT2D eigenvalue weighted by Gasteiger charge is 2.49. The number of ether oxygens (including phenoxy) is 5. The summed E-state index contributed by atoms with van der Waals surface area (Å²) in [5, 5.41) is 9.06. The molecule has 4 aromatic rings. The number of anilines is 1. The zero-order valence-electron chi connectivity index (χ0n) is 44.4. The van der Waals surface area contributed by atoms with Gasteiger partial charge >= 0.3 is 5.97 Å². The Hall–Kier alpha value is -4.83. The maximum atomic E-state index is 12.9. The molecule has 0 aliphatic carbocycles. The Kier molecular flexibility index (Phi) is 21.1. The number of fused-ring (bicyclic) bond motifs is 6. The summed E-state index contributed by atoms with van der Waals surface area (Å²) in [7, 11) is -23.8. The van der Waals surface area contributed by atoms with Crippen molar-refractivity contribution in [2.75, 3.05) is 90.3 Å². The molecule has 442 valence electrons. The van der Waals surface area contributed by atoms with Crippen LogP contribution in [0.2, 0.25) is 0 Å². The van der Waals surface area contributed by atoms with E-state index in [1.165, 1.54) is 18.2 Å². The summed E-state index contributed by atoms with van der Waals surface area (Å²) in [5.74, 6) is -1.75. The van der Waals surface area contributed by atoms with Crippen molar-refractivity contribution in [3.8, 4) is 0 Å². The fraction of sp³-hybridized carbons (Fsp3) is 0.490. The van der Waals surface area contributed by atoms with Gasteiger partial charge in [0, 0.05) is 66.6 Å². The van der Waals surface area contributed by atoms with Crippen LogP contribution in [0.3, 0.4) is 0 Å². The maximum Gasteiger partial charge on any atom is 0.303 e. The molecule has 6 rings (SSSR count). The summed E-state index contributed by atoms with van der Waals surface area (Å²) in [4.78, 5) is 9.78. The van der Waals surface area contributed by atoms with Crippen LogP contribution in [0.1, 0.15) is 76.8 Å². The van der Waals surface area contributed by atoms with Gasteiger partial charge < -0.3 is 38.2 Å². The molecule has 0 saturated heterocycles. The number of methoxy groups -OCH3 is 1. The molecule has 80 heavy (non-hydrogen) atoms. The highest BCUT2D eigenvalue weighted by atomic mass is 32.2. The SMILES string of the molecule is CC[N+]1=C(/C=C/C=C2/N(CCCCCC(=O)O)c3ccc4c(S(=O)(=O)[O-])cc(S(=O)(=O)O)cc4c3C2(C)CCCS(=O)(=O)O)C(C)(CCOCCOCCOCCOCCOC)c2c1ccc1c(S(=O)(=O)O)cc(S(=O)(=O)O)cc21. The first-order chi connectivity index (χ1) is 37.4. The third kappa shape index (κ3) is 15.2. The second-order valence-electron chi connectivity index (χ2n) is 19.5. The number of hydrogen-bond acceptors (Lipinski definition) is 18. The Balaban J connectivity index is 1.50. The lowest BCUT2D eigenvalue weighted by Crippen LogP contribution is -2.33. The number of aliphatic carboxylic acids is 1. The number of allylic oxidation sites excluding steroid dienone is 4. The summed E-state index contributed by atoms with van der Waals surface area (Å²) in [5.41, 5.74) is -0.173. The minimum atomic E-state index is -5.42. The van der Waals surface area contributed by atoms with Crippen LogP contribution in [-0.2, 0) is 89.9 Å². The number of unbranched alkanes of at least 4 members (excludes halogenated alkanes) is 2. The highest BCUT2D eigenvalue weighted by molar-refractivity contribution is 7.87. The standard InChI is InChI=1S/C51H66N2O22S5/c1-5-52-41-16-14-37-39(31-35(77(59,60)61)33-43(37)79(65,66)67)48(41)51(3,19-21-72-24-25-74-28-29-75-27-26-73-23-22-71-4)45(52)11-9-12-46-50(2,18-10-30-76(56,57)58)49-40-32-36(78(62,63)64)34-44(80(68,69)70)38(40)15-17-42(49)53(46)20-8-6-7-13-47(54)55/h9,11-12,14-17,31-34H,5-8,10,13,18-30H2,1-4H3,(H5-,54,55,56,57,58,59,60,61,62,63,64,65,66,67,68,69,70). The fourth-order valence-electron chi connectivity index (χ4n) is 10.5. The first-order valence-corrected chi connectivity index (χ1v) is 32.6. The summed E-state index contributed by atoms with van der Waals surface area (Å²) in [6, 6.07) is 9.14. The molecule has 5 N–H and O–H groups in total. The zero-order valence-corrected chi connectivity index (χ0v) is 48.5. The molecule has 0 amide bonds. The maximum absolute atomic E-state index is 12.9. The Morgan fingerprint density at radius 2 is 1.18 bits per heavy atom. The molecule has 2 aliphatic rings. The minimum absolute atomic E-state index is 0.0423. The lowest BCUT2D eigenvalue weighted by Gasteiger charge is -2.31. The smallest absolute Gasteiger partial charge is 0.303 e. The average Bonchev–Trinajstić information content (AvgIpc) is 3.75. The molecule has 0 spiro atoms. The Labute approximate surface area is 465 Å². The molecule has 2 heterocycles. The topological polar surface area (TPSA) is 364 Å². The molecule has 24 nitrogen and oxygen atoms in total. The molecule has 2 unspecified atom stereocenters. The molecule has 4 aromatic carbocycles. The van der Waals surface area contributed by atoms with Gasteiger partial charge in [-0.2, -0.15) is 38.2 Å². The highest BCUT2D eigenvalue weighted by Crippen LogP contribution is 2.55. The number of benzene rings is 4.